The Bertz CT molecular complexity index is 688. The van der Waals surface area contributed by atoms with E-state index in [1.54, 1.807) is 6.33 Å². The maximum Gasteiger partial charge on any atom is 0.231 e. The van der Waals surface area contributed by atoms with Crippen LogP contribution in [-0.4, -0.2) is 46.2 Å². The van der Waals surface area contributed by atoms with Gasteiger partial charge in [-0.25, -0.2) is 0 Å². The van der Waals surface area contributed by atoms with Crippen LogP contribution in [-0.2, 0) is 17.8 Å². The minimum atomic E-state index is -0.0415. The Morgan fingerprint density at radius 2 is 2.26 bits per heavy atom. The lowest BCUT2D eigenvalue weighted by molar-refractivity contribution is -0.0390. The predicted molar refractivity (Wildman–Crippen MR) is 82.2 cm³/mol. The van der Waals surface area contributed by atoms with Crippen molar-refractivity contribution in [3.05, 3.63) is 35.9 Å². The first-order chi connectivity index (χ1) is 11.3. The first-order valence-electron chi connectivity index (χ1n) is 7.94. The van der Waals surface area contributed by atoms with Crippen LogP contribution in [0.5, 0.6) is 11.5 Å². The molecule has 7 nitrogen and oxygen atoms in total. The molecule has 3 heterocycles. The quantitative estimate of drug-likeness (QED) is 0.854. The second-order valence-corrected chi connectivity index (χ2v) is 5.72. The zero-order valence-electron chi connectivity index (χ0n) is 13.1. The number of hydrogen-bond donors (Lipinski definition) is 0. The van der Waals surface area contributed by atoms with Crippen molar-refractivity contribution in [3.8, 4) is 11.5 Å². The first kappa shape index (κ1) is 14.5. The van der Waals surface area contributed by atoms with Gasteiger partial charge >= 0.3 is 0 Å². The molecule has 0 saturated carbocycles. The summed E-state index contributed by atoms with van der Waals surface area (Å²) in [5.41, 5.74) is 1.15. The van der Waals surface area contributed by atoms with Gasteiger partial charge in [-0.2, -0.15) is 0 Å². The number of benzene rings is 1. The van der Waals surface area contributed by atoms with E-state index in [2.05, 4.69) is 28.1 Å². The van der Waals surface area contributed by atoms with E-state index in [4.69, 9.17) is 14.2 Å². The fourth-order valence-corrected chi connectivity index (χ4v) is 3.12. The van der Waals surface area contributed by atoms with Gasteiger partial charge in [0.1, 0.15) is 12.4 Å². The van der Waals surface area contributed by atoms with E-state index < -0.39 is 0 Å². The average molecular weight is 316 g/mol. The predicted octanol–water partition coefficient (Wildman–Crippen LogP) is 1.60. The number of nitrogens with zero attached hydrogens (tertiary/aromatic N) is 4. The summed E-state index contributed by atoms with van der Waals surface area (Å²) in [5.74, 6) is 2.60. The summed E-state index contributed by atoms with van der Waals surface area (Å²) >= 11 is 0. The Morgan fingerprint density at radius 1 is 1.30 bits per heavy atom. The van der Waals surface area contributed by atoms with Crippen molar-refractivity contribution in [2.45, 2.75) is 26.1 Å². The lowest BCUT2D eigenvalue weighted by Crippen LogP contribution is -2.38. The molecule has 2 aromatic rings. The average Bonchev–Trinajstić information content (AvgIpc) is 3.24. The molecule has 0 aliphatic carbocycles. The highest BCUT2D eigenvalue weighted by molar-refractivity contribution is 5.48. The third kappa shape index (κ3) is 2.77. The van der Waals surface area contributed by atoms with E-state index in [1.165, 1.54) is 0 Å². The zero-order chi connectivity index (χ0) is 15.6. The van der Waals surface area contributed by atoms with Gasteiger partial charge in [-0.05, 0) is 13.0 Å². The lowest BCUT2D eigenvalue weighted by atomic mass is 10.1. The molecular weight excluding hydrogens is 296 g/mol. The molecule has 1 atom stereocenters. The summed E-state index contributed by atoms with van der Waals surface area (Å²) in [5, 5.41) is 8.23. The fraction of sp³-hybridized carbons (Fsp3) is 0.500. The van der Waals surface area contributed by atoms with Crippen LogP contribution in [0.2, 0.25) is 0 Å². The molecule has 2 aliphatic heterocycles. The largest absolute Gasteiger partial charge is 0.454 e. The second-order valence-electron chi connectivity index (χ2n) is 5.72. The van der Waals surface area contributed by atoms with Crippen LogP contribution in [0, 0.1) is 0 Å². The van der Waals surface area contributed by atoms with Crippen molar-refractivity contribution >= 4 is 0 Å². The molecule has 1 aromatic heterocycles. The Balaban J connectivity index is 1.49. The van der Waals surface area contributed by atoms with Crippen LogP contribution >= 0.6 is 0 Å². The fourth-order valence-electron chi connectivity index (χ4n) is 3.12. The molecule has 0 amide bonds. The highest BCUT2D eigenvalue weighted by Gasteiger charge is 2.27. The molecule has 1 saturated heterocycles. The van der Waals surface area contributed by atoms with Gasteiger partial charge in [-0.15, -0.1) is 10.2 Å². The standard InChI is InChI=1S/C16H20N4O3/c1-2-20-10-17-18-16(20)14-9-19(6-7-21-14)8-12-4-3-5-13-15(12)23-11-22-13/h3-5,10,14H,2,6-9,11H2,1H3. The maximum absolute atomic E-state index is 5.90. The number of hydrogen-bond acceptors (Lipinski definition) is 6. The van der Waals surface area contributed by atoms with Crippen LogP contribution in [0.4, 0.5) is 0 Å². The van der Waals surface area contributed by atoms with Crippen molar-refractivity contribution in [3.63, 3.8) is 0 Å². The molecule has 0 spiro atoms. The Kier molecular flexibility index (Phi) is 3.88. The lowest BCUT2D eigenvalue weighted by Gasteiger charge is -2.32. The monoisotopic (exact) mass is 316 g/mol. The molecular formula is C16H20N4O3. The van der Waals surface area contributed by atoms with Crippen LogP contribution in [0.25, 0.3) is 0 Å². The number of ether oxygens (including phenoxy) is 3. The van der Waals surface area contributed by atoms with Crippen molar-refractivity contribution in [1.29, 1.82) is 0 Å². The van der Waals surface area contributed by atoms with Crippen molar-refractivity contribution < 1.29 is 14.2 Å². The zero-order valence-corrected chi connectivity index (χ0v) is 13.1. The summed E-state index contributed by atoms with van der Waals surface area (Å²) in [6, 6.07) is 6.04. The van der Waals surface area contributed by atoms with Gasteiger partial charge < -0.3 is 18.8 Å². The molecule has 4 rings (SSSR count). The molecule has 0 bridgehead atoms. The van der Waals surface area contributed by atoms with Gasteiger partial charge in [0.05, 0.1) is 6.61 Å². The summed E-state index contributed by atoms with van der Waals surface area (Å²) in [6.07, 6.45) is 1.72. The molecule has 0 N–H and O–H groups in total. The van der Waals surface area contributed by atoms with Crippen molar-refractivity contribution in [2.24, 2.45) is 0 Å². The van der Waals surface area contributed by atoms with Crippen LogP contribution in [0.1, 0.15) is 24.4 Å². The molecule has 2 aliphatic rings. The minimum Gasteiger partial charge on any atom is -0.454 e. The van der Waals surface area contributed by atoms with Crippen molar-refractivity contribution in [2.75, 3.05) is 26.5 Å². The number of fused-ring (bicyclic) bond motifs is 1. The number of morpholine rings is 1. The SMILES string of the molecule is CCn1cnnc1C1CN(Cc2cccc3c2OCO3)CCO1. The Hall–Kier alpha value is -2.12. The van der Waals surface area contributed by atoms with Crippen molar-refractivity contribution in [1.82, 2.24) is 19.7 Å². The maximum atomic E-state index is 5.90. The van der Waals surface area contributed by atoms with E-state index >= 15 is 0 Å². The molecule has 7 heteroatoms. The van der Waals surface area contributed by atoms with Crippen LogP contribution < -0.4 is 9.47 Å². The molecule has 1 unspecified atom stereocenters. The summed E-state index contributed by atoms with van der Waals surface area (Å²) in [6.45, 7) is 6.42. The topological polar surface area (TPSA) is 61.6 Å². The summed E-state index contributed by atoms with van der Waals surface area (Å²) < 4.78 is 19.0. The van der Waals surface area contributed by atoms with Crippen LogP contribution in [0.15, 0.2) is 24.5 Å². The second kappa shape index (κ2) is 6.17. The molecule has 0 radical (unpaired) electrons. The van der Waals surface area contributed by atoms with Gasteiger partial charge in [0.2, 0.25) is 6.79 Å². The van der Waals surface area contributed by atoms with E-state index in [0.29, 0.717) is 13.4 Å². The summed E-state index contributed by atoms with van der Waals surface area (Å²) in [4.78, 5) is 2.36. The smallest absolute Gasteiger partial charge is 0.231 e. The van der Waals surface area contributed by atoms with Crippen LogP contribution in [0.3, 0.4) is 0 Å². The molecule has 1 fully saturated rings. The van der Waals surface area contributed by atoms with E-state index in [0.717, 1.165) is 49.1 Å². The number of para-hydroxylation sites is 1. The van der Waals surface area contributed by atoms with Gasteiger partial charge in [0.25, 0.3) is 0 Å². The van der Waals surface area contributed by atoms with Gasteiger partial charge in [0, 0.05) is 31.7 Å². The third-order valence-corrected chi connectivity index (χ3v) is 4.30. The van der Waals surface area contributed by atoms with E-state index in [1.807, 2.05) is 16.7 Å². The Morgan fingerprint density at radius 3 is 3.17 bits per heavy atom. The van der Waals surface area contributed by atoms with E-state index in [-0.39, 0.29) is 6.10 Å². The molecule has 1 aromatic carbocycles. The number of aromatic nitrogens is 3. The Labute approximate surface area is 134 Å². The molecule has 23 heavy (non-hydrogen) atoms. The van der Waals surface area contributed by atoms with Gasteiger partial charge in [-0.3, -0.25) is 4.90 Å². The highest BCUT2D eigenvalue weighted by atomic mass is 16.7. The first-order valence-corrected chi connectivity index (χ1v) is 7.94. The van der Waals surface area contributed by atoms with Gasteiger partial charge in [-0.1, -0.05) is 12.1 Å². The molecule has 122 valence electrons. The van der Waals surface area contributed by atoms with Gasteiger partial charge in [0.15, 0.2) is 17.3 Å². The summed E-state index contributed by atoms with van der Waals surface area (Å²) in [7, 11) is 0. The van der Waals surface area contributed by atoms with E-state index in [9.17, 15) is 0 Å². The minimum absolute atomic E-state index is 0.0415. The number of rotatable bonds is 4. The normalized spacial score (nSPS) is 20.8. The third-order valence-electron chi connectivity index (χ3n) is 4.30. The highest BCUT2D eigenvalue weighted by Crippen LogP contribution is 2.36. The number of aryl methyl sites for hydroxylation is 1.